The smallest absolute Gasteiger partial charge is 0.0745 e. The van der Waals surface area contributed by atoms with E-state index in [9.17, 15) is 0 Å². The van der Waals surface area contributed by atoms with Crippen LogP contribution in [0.15, 0.2) is 55.0 Å². The van der Waals surface area contributed by atoms with Crippen LogP contribution in [0.2, 0.25) is 0 Å². The number of hydrogen-bond acceptors (Lipinski definition) is 4. The number of likely N-dealkylation sites (N-methyl/N-ethyl adjacent to an activating group) is 1. The maximum atomic E-state index is 6.14. The van der Waals surface area contributed by atoms with Gasteiger partial charge in [0.15, 0.2) is 0 Å². The first-order valence-electron chi connectivity index (χ1n) is 6.99. The molecule has 0 atom stereocenters. The maximum absolute atomic E-state index is 6.14. The van der Waals surface area contributed by atoms with E-state index in [-0.39, 0.29) is 0 Å². The Kier molecular flexibility index (Phi) is 3.69. The minimum absolute atomic E-state index is 0.714. The van der Waals surface area contributed by atoms with Crippen molar-refractivity contribution < 1.29 is 0 Å². The lowest BCUT2D eigenvalue weighted by Gasteiger charge is -2.22. The van der Waals surface area contributed by atoms with Crippen LogP contribution in [0.1, 0.15) is 5.56 Å². The summed E-state index contributed by atoms with van der Waals surface area (Å²) in [6, 6.07) is 12.2. The summed E-state index contributed by atoms with van der Waals surface area (Å²) in [5.41, 5.74) is 10.1. The van der Waals surface area contributed by atoms with E-state index in [4.69, 9.17) is 5.73 Å². The molecule has 0 radical (unpaired) electrons. The van der Waals surface area contributed by atoms with Crippen LogP contribution in [-0.4, -0.2) is 23.6 Å². The molecule has 2 heterocycles. The monoisotopic (exact) mass is 278 g/mol. The Hall–Kier alpha value is -2.62. The number of nitrogen functional groups attached to an aromatic ring is 1. The first kappa shape index (κ1) is 13.4. The van der Waals surface area contributed by atoms with E-state index in [0.29, 0.717) is 5.69 Å². The Morgan fingerprint density at radius 1 is 1.10 bits per heavy atom. The number of fused-ring (bicyclic) bond motifs is 1. The van der Waals surface area contributed by atoms with Crippen LogP contribution >= 0.6 is 0 Å². The Bertz CT molecular complexity index is 740. The van der Waals surface area contributed by atoms with Gasteiger partial charge < -0.3 is 10.6 Å². The number of anilines is 2. The van der Waals surface area contributed by atoms with Crippen LogP contribution in [0.3, 0.4) is 0 Å². The minimum atomic E-state index is 0.714. The number of hydrogen-bond donors (Lipinski definition) is 1. The Morgan fingerprint density at radius 3 is 2.67 bits per heavy atom. The molecule has 106 valence electrons. The predicted molar refractivity (Wildman–Crippen MR) is 87.4 cm³/mol. The van der Waals surface area contributed by atoms with E-state index < -0.39 is 0 Å². The van der Waals surface area contributed by atoms with Crippen molar-refractivity contribution in [1.29, 1.82) is 0 Å². The molecule has 0 amide bonds. The topological polar surface area (TPSA) is 55.0 Å². The lowest BCUT2D eigenvalue weighted by molar-refractivity contribution is 0.878. The molecule has 0 saturated carbocycles. The summed E-state index contributed by atoms with van der Waals surface area (Å²) in [5, 5.41) is 1.09. The van der Waals surface area contributed by atoms with Crippen molar-refractivity contribution in [3.05, 3.63) is 60.6 Å². The second kappa shape index (κ2) is 5.79. The average molecular weight is 278 g/mol. The van der Waals surface area contributed by atoms with E-state index in [1.165, 1.54) is 5.56 Å². The molecular formula is C17H18N4. The zero-order valence-corrected chi connectivity index (χ0v) is 12.0. The van der Waals surface area contributed by atoms with Gasteiger partial charge in [-0.05, 0) is 30.2 Å². The lowest BCUT2D eigenvalue weighted by Crippen LogP contribution is -2.22. The molecule has 3 rings (SSSR count). The van der Waals surface area contributed by atoms with Crippen LogP contribution in [0.4, 0.5) is 11.4 Å². The molecule has 4 heteroatoms. The van der Waals surface area contributed by atoms with Gasteiger partial charge in [0.25, 0.3) is 0 Å². The summed E-state index contributed by atoms with van der Waals surface area (Å²) < 4.78 is 0. The fourth-order valence-corrected chi connectivity index (χ4v) is 2.53. The standard InChI is InChI=1S/C17H18N4/c1-21(11-8-13-6-9-19-10-7-13)17-14-4-2-3-5-16(14)20-12-15(17)18/h2-7,9-10,12H,8,11,18H2,1H3. The van der Waals surface area contributed by atoms with Crippen molar-refractivity contribution >= 4 is 22.3 Å². The van der Waals surface area contributed by atoms with Crippen LogP contribution in [0.25, 0.3) is 10.9 Å². The third-order valence-electron chi connectivity index (χ3n) is 3.64. The number of nitrogens with two attached hydrogens (primary N) is 1. The largest absolute Gasteiger partial charge is 0.396 e. The highest BCUT2D eigenvalue weighted by molar-refractivity contribution is 5.97. The number of para-hydroxylation sites is 1. The second-order valence-corrected chi connectivity index (χ2v) is 5.11. The number of nitrogens with zero attached hydrogens (tertiary/aromatic N) is 3. The van der Waals surface area contributed by atoms with Gasteiger partial charge in [0.2, 0.25) is 0 Å². The second-order valence-electron chi connectivity index (χ2n) is 5.11. The Labute approximate surface area is 124 Å². The average Bonchev–Trinajstić information content (AvgIpc) is 2.53. The molecule has 0 aliphatic carbocycles. The molecule has 2 N–H and O–H groups in total. The molecule has 4 nitrogen and oxygen atoms in total. The highest BCUT2D eigenvalue weighted by Crippen LogP contribution is 2.30. The molecule has 3 aromatic rings. The van der Waals surface area contributed by atoms with Crippen LogP contribution in [0.5, 0.6) is 0 Å². The third kappa shape index (κ3) is 2.79. The van der Waals surface area contributed by atoms with Gasteiger partial charge in [-0.2, -0.15) is 0 Å². The number of rotatable bonds is 4. The van der Waals surface area contributed by atoms with Crippen LogP contribution in [-0.2, 0) is 6.42 Å². The predicted octanol–water partition coefficient (Wildman–Crippen LogP) is 2.89. The van der Waals surface area contributed by atoms with Crippen molar-refractivity contribution in [3.63, 3.8) is 0 Å². The maximum Gasteiger partial charge on any atom is 0.0745 e. The molecule has 0 fully saturated rings. The highest BCUT2D eigenvalue weighted by Gasteiger charge is 2.10. The van der Waals surface area contributed by atoms with E-state index in [1.807, 2.05) is 42.7 Å². The number of pyridine rings is 2. The zero-order valence-electron chi connectivity index (χ0n) is 12.0. The Balaban J connectivity index is 1.87. The summed E-state index contributed by atoms with van der Waals surface area (Å²) in [5.74, 6) is 0. The van der Waals surface area contributed by atoms with Crippen LogP contribution in [0, 0.1) is 0 Å². The van der Waals surface area contributed by atoms with Crippen molar-refractivity contribution in [3.8, 4) is 0 Å². The van der Waals surface area contributed by atoms with E-state index in [2.05, 4.69) is 28.0 Å². The molecule has 0 bridgehead atoms. The van der Waals surface area contributed by atoms with Gasteiger partial charge in [0.1, 0.15) is 0 Å². The molecule has 1 aromatic carbocycles. The molecule has 0 unspecified atom stereocenters. The van der Waals surface area contributed by atoms with Gasteiger partial charge in [-0.25, -0.2) is 0 Å². The fraction of sp³-hybridized carbons (Fsp3) is 0.176. The molecule has 0 aliphatic heterocycles. The van der Waals surface area contributed by atoms with Gasteiger partial charge in [0, 0.05) is 31.4 Å². The summed E-state index contributed by atoms with van der Waals surface area (Å²) in [6.07, 6.45) is 6.34. The van der Waals surface area contributed by atoms with Gasteiger partial charge in [0.05, 0.1) is 23.1 Å². The quantitative estimate of drug-likeness (QED) is 0.797. The van der Waals surface area contributed by atoms with Crippen molar-refractivity contribution in [1.82, 2.24) is 9.97 Å². The van der Waals surface area contributed by atoms with Gasteiger partial charge in [-0.15, -0.1) is 0 Å². The molecular weight excluding hydrogens is 260 g/mol. The fourth-order valence-electron chi connectivity index (χ4n) is 2.53. The summed E-state index contributed by atoms with van der Waals surface area (Å²) >= 11 is 0. The third-order valence-corrected chi connectivity index (χ3v) is 3.64. The van der Waals surface area contributed by atoms with Crippen molar-refractivity contribution in [2.24, 2.45) is 0 Å². The summed E-state index contributed by atoms with van der Waals surface area (Å²) in [7, 11) is 2.07. The lowest BCUT2D eigenvalue weighted by atomic mass is 10.1. The molecule has 0 aliphatic rings. The number of benzene rings is 1. The van der Waals surface area contributed by atoms with E-state index in [0.717, 1.165) is 29.6 Å². The van der Waals surface area contributed by atoms with Crippen LogP contribution < -0.4 is 10.6 Å². The minimum Gasteiger partial charge on any atom is -0.396 e. The van der Waals surface area contributed by atoms with E-state index >= 15 is 0 Å². The molecule has 0 spiro atoms. The molecule has 2 aromatic heterocycles. The Morgan fingerprint density at radius 2 is 1.86 bits per heavy atom. The number of aromatic nitrogens is 2. The normalized spacial score (nSPS) is 10.7. The zero-order chi connectivity index (χ0) is 14.7. The van der Waals surface area contributed by atoms with Crippen molar-refractivity contribution in [2.75, 3.05) is 24.2 Å². The van der Waals surface area contributed by atoms with Gasteiger partial charge in [-0.3, -0.25) is 9.97 Å². The molecule has 21 heavy (non-hydrogen) atoms. The molecule has 0 saturated heterocycles. The first-order chi connectivity index (χ1) is 10.3. The van der Waals surface area contributed by atoms with Crippen molar-refractivity contribution in [2.45, 2.75) is 6.42 Å². The van der Waals surface area contributed by atoms with Gasteiger partial charge in [-0.1, -0.05) is 18.2 Å². The van der Waals surface area contributed by atoms with E-state index in [1.54, 1.807) is 6.20 Å². The summed E-state index contributed by atoms with van der Waals surface area (Å²) in [6.45, 7) is 0.891. The summed E-state index contributed by atoms with van der Waals surface area (Å²) in [4.78, 5) is 10.6. The highest BCUT2D eigenvalue weighted by atomic mass is 15.1. The SMILES string of the molecule is CN(CCc1ccncc1)c1c(N)cnc2ccccc12. The van der Waals surface area contributed by atoms with Gasteiger partial charge >= 0.3 is 0 Å². The first-order valence-corrected chi connectivity index (χ1v) is 6.99.